The Morgan fingerprint density at radius 2 is 1.52 bits per heavy atom. The molecule has 0 saturated carbocycles. The van der Waals surface area contributed by atoms with E-state index >= 15 is 0 Å². The highest BCUT2D eigenvalue weighted by Crippen LogP contribution is 2.15. The van der Waals surface area contributed by atoms with E-state index in [-0.39, 0.29) is 24.4 Å². The molecule has 1 heterocycles. The molecule has 4 aromatic rings. The molecule has 0 N–H and O–H groups in total. The van der Waals surface area contributed by atoms with Gasteiger partial charge >= 0.3 is 0 Å². The molecule has 0 atom stereocenters. The van der Waals surface area contributed by atoms with Crippen LogP contribution >= 0.6 is 15.9 Å². The van der Waals surface area contributed by atoms with Gasteiger partial charge in [0.1, 0.15) is 0 Å². The highest BCUT2D eigenvalue weighted by atomic mass is 79.9. The van der Waals surface area contributed by atoms with E-state index in [1.165, 1.54) is 10.9 Å². The van der Waals surface area contributed by atoms with Crippen LogP contribution in [-0.2, 0) is 24.4 Å². The molecular weight excluding hydrogens is 454 g/mol. The molecule has 4 rings (SSSR count). The summed E-state index contributed by atoms with van der Waals surface area (Å²) < 4.78 is 2.33. The summed E-state index contributed by atoms with van der Waals surface area (Å²) in [7, 11) is 0. The summed E-state index contributed by atoms with van der Waals surface area (Å²) in [6.45, 7) is 1.33. The number of carbonyl (C=O) groups excluding carboxylic acids is 1. The van der Waals surface area contributed by atoms with Gasteiger partial charge < -0.3 is 4.90 Å². The average molecular weight is 476 g/mol. The van der Waals surface area contributed by atoms with E-state index in [1.54, 1.807) is 12.1 Å². The smallest absolute Gasteiger partial charge is 0.261 e. The lowest BCUT2D eigenvalue weighted by Crippen LogP contribution is -2.32. The second kappa shape index (κ2) is 9.71. The van der Waals surface area contributed by atoms with Crippen molar-refractivity contribution >= 4 is 32.7 Å². The van der Waals surface area contributed by atoms with Gasteiger partial charge in [0, 0.05) is 30.5 Å². The molecule has 0 aliphatic carbocycles. The van der Waals surface area contributed by atoms with Crippen LogP contribution in [0.3, 0.4) is 0 Å². The van der Waals surface area contributed by atoms with Crippen molar-refractivity contribution in [3.8, 4) is 0 Å². The summed E-state index contributed by atoms with van der Waals surface area (Å²) in [5.41, 5.74) is 2.64. The fraction of sp³-hybridized carbons (Fsp3) is 0.160. The molecule has 5 nitrogen and oxygen atoms in total. The van der Waals surface area contributed by atoms with E-state index in [2.05, 4.69) is 20.9 Å². The van der Waals surface area contributed by atoms with Crippen LogP contribution in [0.4, 0.5) is 0 Å². The van der Waals surface area contributed by atoms with Gasteiger partial charge in [-0.1, -0.05) is 76.6 Å². The largest absolute Gasteiger partial charge is 0.334 e. The van der Waals surface area contributed by atoms with Crippen LogP contribution in [0.15, 0.2) is 94.5 Å². The highest BCUT2D eigenvalue weighted by Gasteiger charge is 2.15. The lowest BCUT2D eigenvalue weighted by atomic mass is 10.1. The standard InChI is InChI=1S/C25H22BrN3O2/c26-21-11-12-23-22(15-21)25(31)28(18-27-23)14-13-24(30)29(16-19-7-3-1-4-8-19)17-20-9-5-2-6-10-20/h1-12,15,18H,13-14,16-17H2. The first-order valence-electron chi connectivity index (χ1n) is 10.1. The van der Waals surface area contributed by atoms with Crippen molar-refractivity contribution < 1.29 is 4.79 Å². The molecule has 6 heteroatoms. The van der Waals surface area contributed by atoms with Crippen LogP contribution in [0, 0.1) is 0 Å². The van der Waals surface area contributed by atoms with E-state index in [1.807, 2.05) is 71.6 Å². The maximum absolute atomic E-state index is 13.1. The molecule has 0 bridgehead atoms. The summed E-state index contributed by atoms with van der Waals surface area (Å²) >= 11 is 3.40. The molecule has 0 fully saturated rings. The van der Waals surface area contributed by atoms with Gasteiger partial charge in [0.05, 0.1) is 17.2 Å². The number of aryl methyl sites for hydroxylation is 1. The second-order valence-electron chi connectivity index (χ2n) is 7.38. The molecule has 0 spiro atoms. The van der Waals surface area contributed by atoms with E-state index in [0.29, 0.717) is 24.0 Å². The average Bonchev–Trinajstić information content (AvgIpc) is 2.80. The van der Waals surface area contributed by atoms with Crippen molar-refractivity contribution in [3.05, 3.63) is 111 Å². The van der Waals surface area contributed by atoms with Crippen molar-refractivity contribution in [2.45, 2.75) is 26.1 Å². The molecule has 31 heavy (non-hydrogen) atoms. The molecule has 0 aliphatic rings. The predicted octanol–water partition coefficient (Wildman–Crippen LogP) is 4.78. The monoisotopic (exact) mass is 475 g/mol. The Bertz CT molecular complexity index is 1200. The first-order valence-corrected chi connectivity index (χ1v) is 10.9. The molecular formula is C25H22BrN3O2. The molecule has 0 aliphatic heterocycles. The topological polar surface area (TPSA) is 55.2 Å². The molecule has 0 saturated heterocycles. The number of amides is 1. The number of fused-ring (bicyclic) bond motifs is 1. The van der Waals surface area contributed by atoms with Gasteiger partial charge in [-0.2, -0.15) is 0 Å². The van der Waals surface area contributed by atoms with E-state index < -0.39 is 0 Å². The van der Waals surface area contributed by atoms with E-state index in [4.69, 9.17) is 0 Å². The van der Waals surface area contributed by atoms with Gasteiger partial charge in [0.2, 0.25) is 5.91 Å². The Balaban J connectivity index is 1.52. The summed E-state index contributed by atoms with van der Waals surface area (Å²) in [6.07, 6.45) is 1.74. The van der Waals surface area contributed by atoms with Gasteiger partial charge in [-0.05, 0) is 29.3 Å². The Labute approximate surface area is 189 Å². The Kier molecular flexibility index (Phi) is 6.57. The quantitative estimate of drug-likeness (QED) is 0.386. The second-order valence-corrected chi connectivity index (χ2v) is 8.29. The third-order valence-electron chi connectivity index (χ3n) is 5.14. The maximum atomic E-state index is 13.1. The first-order chi connectivity index (χ1) is 15.1. The van der Waals surface area contributed by atoms with Crippen LogP contribution in [0.2, 0.25) is 0 Å². The molecule has 0 radical (unpaired) electrons. The predicted molar refractivity (Wildman–Crippen MR) is 125 cm³/mol. The molecule has 1 amide bonds. The SMILES string of the molecule is O=C(CCn1cnc2ccc(Br)cc2c1=O)N(Cc1ccccc1)Cc1ccccc1. The zero-order chi connectivity index (χ0) is 21.6. The molecule has 1 aromatic heterocycles. The van der Waals surface area contributed by atoms with Gasteiger partial charge in [-0.25, -0.2) is 4.98 Å². The van der Waals surface area contributed by atoms with Gasteiger partial charge in [0.15, 0.2) is 0 Å². The van der Waals surface area contributed by atoms with Crippen LogP contribution in [0.5, 0.6) is 0 Å². The van der Waals surface area contributed by atoms with Crippen LogP contribution < -0.4 is 5.56 Å². The van der Waals surface area contributed by atoms with Crippen LogP contribution in [-0.4, -0.2) is 20.4 Å². The van der Waals surface area contributed by atoms with Crippen molar-refractivity contribution in [3.63, 3.8) is 0 Å². The zero-order valence-electron chi connectivity index (χ0n) is 16.9. The van der Waals surface area contributed by atoms with Gasteiger partial charge in [-0.15, -0.1) is 0 Å². The fourth-order valence-electron chi connectivity index (χ4n) is 3.50. The summed E-state index contributed by atoms with van der Waals surface area (Å²) in [5.74, 6) is -0.00561. The number of aromatic nitrogens is 2. The maximum Gasteiger partial charge on any atom is 0.261 e. The number of benzene rings is 3. The van der Waals surface area contributed by atoms with E-state index in [9.17, 15) is 9.59 Å². The van der Waals surface area contributed by atoms with Crippen molar-refractivity contribution in [2.75, 3.05) is 0 Å². The fourth-order valence-corrected chi connectivity index (χ4v) is 3.87. The number of halogens is 1. The minimum atomic E-state index is -0.142. The number of rotatable bonds is 7. The molecule has 0 unspecified atom stereocenters. The van der Waals surface area contributed by atoms with Crippen molar-refractivity contribution in [1.82, 2.24) is 14.5 Å². The minimum Gasteiger partial charge on any atom is -0.334 e. The molecule has 156 valence electrons. The van der Waals surface area contributed by atoms with Gasteiger partial charge in [0.25, 0.3) is 5.56 Å². The number of hydrogen-bond donors (Lipinski definition) is 0. The third-order valence-corrected chi connectivity index (χ3v) is 5.63. The Hall–Kier alpha value is -3.25. The van der Waals surface area contributed by atoms with Crippen molar-refractivity contribution in [1.29, 1.82) is 0 Å². The lowest BCUT2D eigenvalue weighted by Gasteiger charge is -2.23. The van der Waals surface area contributed by atoms with Crippen molar-refractivity contribution in [2.24, 2.45) is 0 Å². The van der Waals surface area contributed by atoms with Crippen LogP contribution in [0.25, 0.3) is 10.9 Å². The number of nitrogens with zero attached hydrogens (tertiary/aromatic N) is 3. The number of hydrogen-bond acceptors (Lipinski definition) is 3. The van der Waals surface area contributed by atoms with Crippen LogP contribution in [0.1, 0.15) is 17.5 Å². The first kappa shape index (κ1) is 21.0. The zero-order valence-corrected chi connectivity index (χ0v) is 18.5. The summed E-state index contributed by atoms with van der Waals surface area (Å²) in [4.78, 5) is 32.2. The normalized spacial score (nSPS) is 10.9. The third kappa shape index (κ3) is 5.27. The highest BCUT2D eigenvalue weighted by molar-refractivity contribution is 9.10. The number of carbonyl (C=O) groups is 1. The van der Waals surface area contributed by atoms with Gasteiger partial charge in [-0.3, -0.25) is 14.2 Å². The summed E-state index contributed by atoms with van der Waals surface area (Å²) in [6, 6.07) is 25.3. The minimum absolute atomic E-state index is 0.00561. The summed E-state index contributed by atoms with van der Waals surface area (Å²) in [5, 5.41) is 0.537. The van der Waals surface area contributed by atoms with E-state index in [0.717, 1.165) is 15.6 Å². The lowest BCUT2D eigenvalue weighted by molar-refractivity contribution is -0.132. The Morgan fingerprint density at radius 1 is 0.903 bits per heavy atom. The molecule has 3 aromatic carbocycles. The Morgan fingerprint density at radius 3 is 2.13 bits per heavy atom.